The van der Waals surface area contributed by atoms with Gasteiger partial charge in [-0.15, -0.1) is 0 Å². The molecule has 1 N–H and O–H groups in total. The lowest BCUT2D eigenvalue weighted by molar-refractivity contribution is 0.171. The number of methoxy groups -OCH3 is 1. The molecule has 0 heterocycles. The number of ether oxygens (including phenoxy) is 2. The van der Waals surface area contributed by atoms with Crippen molar-refractivity contribution in [3.8, 4) is 5.75 Å². The molecule has 0 radical (unpaired) electrons. The van der Waals surface area contributed by atoms with Crippen LogP contribution in [-0.2, 0) is 4.74 Å². The minimum absolute atomic E-state index is 0.243. The van der Waals surface area contributed by atoms with Gasteiger partial charge in [0.15, 0.2) is 0 Å². The number of nitrogens with one attached hydrogen (secondary N) is 1. The number of benzene rings is 1. The van der Waals surface area contributed by atoms with Gasteiger partial charge in [0, 0.05) is 13.2 Å². The van der Waals surface area contributed by atoms with Crippen molar-refractivity contribution >= 4 is 0 Å². The topological polar surface area (TPSA) is 30.5 Å². The summed E-state index contributed by atoms with van der Waals surface area (Å²) in [4.78, 5) is 0. The van der Waals surface area contributed by atoms with E-state index >= 15 is 0 Å². The fraction of sp³-hybridized carbons (Fsp3) is 0.538. The van der Waals surface area contributed by atoms with Crippen molar-refractivity contribution < 1.29 is 13.9 Å². The molecule has 0 saturated carbocycles. The van der Waals surface area contributed by atoms with Crippen LogP contribution in [0.2, 0.25) is 0 Å². The van der Waals surface area contributed by atoms with E-state index < -0.39 is 0 Å². The molecule has 4 heteroatoms. The van der Waals surface area contributed by atoms with Gasteiger partial charge in [0.2, 0.25) is 0 Å². The zero-order chi connectivity index (χ0) is 12.5. The lowest BCUT2D eigenvalue weighted by Gasteiger charge is -2.12. The minimum atomic E-state index is -0.243. The third kappa shape index (κ3) is 6.24. The van der Waals surface area contributed by atoms with Crippen LogP contribution in [0.1, 0.15) is 13.3 Å². The van der Waals surface area contributed by atoms with Crippen molar-refractivity contribution in [3.05, 3.63) is 30.1 Å². The highest BCUT2D eigenvalue weighted by Crippen LogP contribution is 2.10. The lowest BCUT2D eigenvalue weighted by Crippen LogP contribution is -2.31. The molecule has 0 aliphatic rings. The number of hydrogen-bond donors (Lipinski definition) is 1. The third-order valence-electron chi connectivity index (χ3n) is 2.31. The Labute approximate surface area is 102 Å². The Morgan fingerprint density at radius 1 is 1.29 bits per heavy atom. The highest BCUT2D eigenvalue weighted by atomic mass is 19.1. The van der Waals surface area contributed by atoms with Crippen molar-refractivity contribution in [2.75, 3.05) is 26.9 Å². The van der Waals surface area contributed by atoms with Gasteiger partial charge in [-0.25, -0.2) is 4.39 Å². The molecule has 3 nitrogen and oxygen atoms in total. The molecular weight excluding hydrogens is 221 g/mol. The van der Waals surface area contributed by atoms with Gasteiger partial charge < -0.3 is 14.8 Å². The monoisotopic (exact) mass is 241 g/mol. The first-order chi connectivity index (χ1) is 8.22. The summed E-state index contributed by atoms with van der Waals surface area (Å²) in [5.74, 6) is 0.462. The second kappa shape index (κ2) is 8.03. The first kappa shape index (κ1) is 13.9. The number of halogens is 1. The van der Waals surface area contributed by atoms with Crippen LogP contribution in [-0.4, -0.2) is 32.9 Å². The van der Waals surface area contributed by atoms with E-state index in [4.69, 9.17) is 9.47 Å². The fourth-order valence-corrected chi connectivity index (χ4v) is 1.45. The lowest BCUT2D eigenvalue weighted by atomic mass is 10.3. The van der Waals surface area contributed by atoms with E-state index in [0.717, 1.165) is 13.0 Å². The molecule has 17 heavy (non-hydrogen) atoms. The van der Waals surface area contributed by atoms with Crippen LogP contribution in [0, 0.1) is 5.82 Å². The zero-order valence-electron chi connectivity index (χ0n) is 10.4. The van der Waals surface area contributed by atoms with E-state index in [2.05, 4.69) is 12.2 Å². The molecule has 1 aromatic rings. The van der Waals surface area contributed by atoms with E-state index in [9.17, 15) is 4.39 Å². The second-order valence-electron chi connectivity index (χ2n) is 3.97. The Balaban J connectivity index is 2.06. The van der Waals surface area contributed by atoms with Crippen LogP contribution in [0.3, 0.4) is 0 Å². The summed E-state index contributed by atoms with van der Waals surface area (Å²) in [6, 6.07) is 6.42. The Morgan fingerprint density at radius 2 is 2.00 bits per heavy atom. The van der Waals surface area contributed by atoms with Gasteiger partial charge in [-0.05, 0) is 44.2 Å². The normalized spacial score (nSPS) is 12.4. The van der Waals surface area contributed by atoms with Gasteiger partial charge in [-0.1, -0.05) is 0 Å². The van der Waals surface area contributed by atoms with Crippen molar-refractivity contribution in [2.24, 2.45) is 0 Å². The van der Waals surface area contributed by atoms with Crippen LogP contribution in [0.4, 0.5) is 4.39 Å². The van der Waals surface area contributed by atoms with E-state index in [-0.39, 0.29) is 5.82 Å². The maximum absolute atomic E-state index is 12.6. The summed E-state index contributed by atoms with van der Waals surface area (Å²) >= 11 is 0. The maximum Gasteiger partial charge on any atom is 0.123 e. The zero-order valence-corrected chi connectivity index (χ0v) is 10.4. The van der Waals surface area contributed by atoms with E-state index in [1.807, 2.05) is 0 Å². The highest BCUT2D eigenvalue weighted by molar-refractivity contribution is 5.21. The summed E-state index contributed by atoms with van der Waals surface area (Å²) in [5.41, 5.74) is 0. The second-order valence-corrected chi connectivity index (χ2v) is 3.97. The van der Waals surface area contributed by atoms with Crippen LogP contribution >= 0.6 is 0 Å². The molecule has 0 aliphatic carbocycles. The van der Waals surface area contributed by atoms with Gasteiger partial charge in [0.25, 0.3) is 0 Å². The quantitative estimate of drug-likeness (QED) is 0.708. The summed E-state index contributed by atoms with van der Waals surface area (Å²) in [6.07, 6.45) is 0.908. The standard InChI is InChI=1S/C13H20FNO2/c1-11(10-16-2)15-8-3-9-17-13-6-4-12(14)5-7-13/h4-7,11,15H,3,8-10H2,1-2H3. The Bertz CT molecular complexity index is 303. The number of rotatable bonds is 8. The highest BCUT2D eigenvalue weighted by Gasteiger charge is 1.99. The van der Waals surface area contributed by atoms with Gasteiger partial charge in [-0.2, -0.15) is 0 Å². The van der Waals surface area contributed by atoms with Crippen molar-refractivity contribution in [1.29, 1.82) is 0 Å². The molecule has 0 fully saturated rings. The molecule has 0 bridgehead atoms. The first-order valence-electron chi connectivity index (χ1n) is 5.83. The van der Waals surface area contributed by atoms with E-state index in [1.165, 1.54) is 12.1 Å². The molecule has 1 unspecified atom stereocenters. The minimum Gasteiger partial charge on any atom is -0.494 e. The molecule has 96 valence electrons. The van der Waals surface area contributed by atoms with Crippen LogP contribution in [0.25, 0.3) is 0 Å². The van der Waals surface area contributed by atoms with Gasteiger partial charge >= 0.3 is 0 Å². The van der Waals surface area contributed by atoms with Gasteiger partial charge in [-0.3, -0.25) is 0 Å². The molecule has 1 aromatic carbocycles. The Morgan fingerprint density at radius 3 is 2.65 bits per heavy atom. The fourth-order valence-electron chi connectivity index (χ4n) is 1.45. The summed E-state index contributed by atoms with van der Waals surface area (Å²) < 4.78 is 23.1. The molecule has 0 aliphatic heterocycles. The summed E-state index contributed by atoms with van der Waals surface area (Å²) in [5, 5.41) is 3.31. The first-order valence-corrected chi connectivity index (χ1v) is 5.83. The molecule has 1 atom stereocenters. The smallest absolute Gasteiger partial charge is 0.123 e. The molecule has 0 amide bonds. The van der Waals surface area contributed by atoms with Crippen LogP contribution in [0.5, 0.6) is 5.75 Å². The maximum atomic E-state index is 12.6. The average Bonchev–Trinajstić information content (AvgIpc) is 2.31. The van der Waals surface area contributed by atoms with Crippen LogP contribution in [0.15, 0.2) is 24.3 Å². The van der Waals surface area contributed by atoms with Gasteiger partial charge in [0.1, 0.15) is 11.6 Å². The van der Waals surface area contributed by atoms with E-state index in [0.29, 0.717) is 25.0 Å². The third-order valence-corrected chi connectivity index (χ3v) is 2.31. The molecule has 0 spiro atoms. The molecule has 0 aromatic heterocycles. The van der Waals surface area contributed by atoms with Crippen molar-refractivity contribution in [1.82, 2.24) is 5.32 Å². The van der Waals surface area contributed by atoms with Crippen molar-refractivity contribution in [3.63, 3.8) is 0 Å². The van der Waals surface area contributed by atoms with Gasteiger partial charge in [0.05, 0.1) is 13.2 Å². The largest absolute Gasteiger partial charge is 0.494 e. The molecular formula is C13H20FNO2. The summed E-state index contributed by atoms with van der Waals surface area (Å²) in [7, 11) is 1.69. The molecule has 1 rings (SSSR count). The number of hydrogen-bond acceptors (Lipinski definition) is 3. The Hall–Kier alpha value is -1.13. The van der Waals surface area contributed by atoms with Crippen molar-refractivity contribution in [2.45, 2.75) is 19.4 Å². The average molecular weight is 241 g/mol. The summed E-state index contributed by atoms with van der Waals surface area (Å²) in [6.45, 7) is 4.28. The molecule has 0 saturated heterocycles. The van der Waals surface area contributed by atoms with E-state index in [1.54, 1.807) is 19.2 Å². The predicted octanol–water partition coefficient (Wildman–Crippen LogP) is 2.22. The SMILES string of the molecule is COCC(C)NCCCOc1ccc(F)cc1. The van der Waals surface area contributed by atoms with Crippen LogP contribution < -0.4 is 10.1 Å². The Kier molecular flexibility index (Phi) is 6.58. The predicted molar refractivity (Wildman–Crippen MR) is 65.9 cm³/mol.